The molecule has 0 saturated carbocycles. The Morgan fingerprint density at radius 1 is 1.43 bits per heavy atom. The van der Waals surface area contributed by atoms with Gasteiger partial charge in [0.25, 0.3) is 0 Å². The third-order valence-corrected chi connectivity index (χ3v) is 6.01. The molecule has 116 valence electrons. The van der Waals surface area contributed by atoms with E-state index in [2.05, 4.69) is 10.3 Å². The Kier molecular flexibility index (Phi) is 5.58. The second-order valence-electron chi connectivity index (χ2n) is 4.80. The van der Waals surface area contributed by atoms with E-state index >= 15 is 0 Å². The van der Waals surface area contributed by atoms with Crippen molar-refractivity contribution in [2.24, 2.45) is 0 Å². The van der Waals surface area contributed by atoms with Crippen LogP contribution in [-0.4, -0.2) is 37.8 Å². The second-order valence-corrected chi connectivity index (χ2v) is 7.87. The molecule has 7 heteroatoms. The first-order valence-electron chi connectivity index (χ1n) is 6.90. The monoisotopic (exact) mass is 327 g/mol. The molecule has 0 radical (unpaired) electrons. The van der Waals surface area contributed by atoms with Crippen molar-refractivity contribution < 1.29 is 8.42 Å². The molecule has 0 spiro atoms. The average Bonchev–Trinajstić information content (AvgIpc) is 3.13. The van der Waals surface area contributed by atoms with Crippen LogP contribution >= 0.6 is 11.3 Å². The number of thiophene rings is 1. The summed E-state index contributed by atoms with van der Waals surface area (Å²) < 4.78 is 26.3. The molecule has 0 bridgehead atoms. The van der Waals surface area contributed by atoms with Gasteiger partial charge in [-0.2, -0.15) is 0 Å². The smallest absolute Gasteiger partial charge is 0.244 e. The predicted molar refractivity (Wildman–Crippen MR) is 86.0 cm³/mol. The second kappa shape index (κ2) is 7.22. The Morgan fingerprint density at radius 3 is 2.90 bits per heavy atom. The van der Waals surface area contributed by atoms with Gasteiger partial charge in [0, 0.05) is 36.9 Å². The van der Waals surface area contributed by atoms with Gasteiger partial charge in [0.15, 0.2) is 0 Å². The van der Waals surface area contributed by atoms with Gasteiger partial charge in [-0.15, -0.1) is 11.3 Å². The Bertz CT molecular complexity index is 648. The first kappa shape index (κ1) is 16.2. The SMILES string of the molecule is CCNCc1cc(S(=O)(=O)N(C)CCc2cccs2)c[nH]1. The van der Waals surface area contributed by atoms with Gasteiger partial charge >= 0.3 is 0 Å². The molecule has 0 aliphatic carbocycles. The van der Waals surface area contributed by atoms with Gasteiger partial charge in [0.1, 0.15) is 0 Å². The Labute approximate surface area is 130 Å². The van der Waals surface area contributed by atoms with Crippen molar-refractivity contribution in [2.75, 3.05) is 20.1 Å². The fourth-order valence-corrected chi connectivity index (χ4v) is 3.84. The molecule has 2 aromatic rings. The first-order chi connectivity index (χ1) is 10.0. The van der Waals surface area contributed by atoms with Crippen LogP contribution in [0.1, 0.15) is 17.5 Å². The van der Waals surface area contributed by atoms with E-state index in [1.54, 1.807) is 30.6 Å². The molecule has 0 aromatic carbocycles. The van der Waals surface area contributed by atoms with Gasteiger partial charge in [-0.25, -0.2) is 12.7 Å². The Hall–Kier alpha value is -1.15. The minimum absolute atomic E-state index is 0.323. The van der Waals surface area contributed by atoms with Crippen LogP contribution in [-0.2, 0) is 23.0 Å². The van der Waals surface area contributed by atoms with Crippen LogP contribution in [0.3, 0.4) is 0 Å². The number of sulfonamides is 1. The largest absolute Gasteiger partial charge is 0.363 e. The standard InChI is InChI=1S/C14H21N3O2S2/c1-3-15-10-12-9-14(11-16-12)21(18,19)17(2)7-6-13-5-4-8-20-13/h4-5,8-9,11,15-16H,3,6-7,10H2,1-2H3. The molecule has 0 amide bonds. The van der Waals surface area contributed by atoms with E-state index in [9.17, 15) is 8.42 Å². The molecule has 5 nitrogen and oxygen atoms in total. The van der Waals surface area contributed by atoms with Crippen molar-refractivity contribution in [3.05, 3.63) is 40.3 Å². The minimum atomic E-state index is -3.42. The van der Waals surface area contributed by atoms with Gasteiger partial charge in [-0.05, 0) is 30.5 Å². The lowest BCUT2D eigenvalue weighted by molar-refractivity contribution is 0.473. The van der Waals surface area contributed by atoms with Gasteiger partial charge in [0.05, 0.1) is 4.90 Å². The maximum Gasteiger partial charge on any atom is 0.244 e. The molecule has 0 aliphatic heterocycles. The van der Waals surface area contributed by atoms with E-state index in [1.807, 2.05) is 24.4 Å². The minimum Gasteiger partial charge on any atom is -0.363 e. The lowest BCUT2D eigenvalue weighted by Crippen LogP contribution is -2.28. The third-order valence-electron chi connectivity index (χ3n) is 3.24. The maximum absolute atomic E-state index is 12.5. The summed E-state index contributed by atoms with van der Waals surface area (Å²) in [5.41, 5.74) is 0.877. The molecule has 2 heterocycles. The molecular weight excluding hydrogens is 306 g/mol. The molecule has 0 unspecified atom stereocenters. The molecule has 2 rings (SSSR count). The molecular formula is C14H21N3O2S2. The zero-order chi connectivity index (χ0) is 15.3. The molecule has 2 aromatic heterocycles. The highest BCUT2D eigenvalue weighted by atomic mass is 32.2. The van der Waals surface area contributed by atoms with Crippen molar-refractivity contribution in [1.29, 1.82) is 0 Å². The quantitative estimate of drug-likeness (QED) is 0.780. The van der Waals surface area contributed by atoms with E-state index in [1.165, 1.54) is 9.18 Å². The summed E-state index contributed by atoms with van der Waals surface area (Å²) in [6.45, 7) is 3.99. The van der Waals surface area contributed by atoms with Crippen LogP contribution in [0, 0.1) is 0 Å². The van der Waals surface area contributed by atoms with Crippen LogP contribution in [0.5, 0.6) is 0 Å². The van der Waals surface area contributed by atoms with Gasteiger partial charge in [0.2, 0.25) is 10.0 Å². The molecule has 0 fully saturated rings. The summed E-state index contributed by atoms with van der Waals surface area (Å²) in [5.74, 6) is 0. The molecule has 21 heavy (non-hydrogen) atoms. The third kappa shape index (κ3) is 4.16. The Balaban J connectivity index is 2.00. The van der Waals surface area contributed by atoms with Crippen molar-refractivity contribution in [3.63, 3.8) is 0 Å². The van der Waals surface area contributed by atoms with Gasteiger partial charge in [-0.1, -0.05) is 13.0 Å². The fourth-order valence-electron chi connectivity index (χ4n) is 1.95. The first-order valence-corrected chi connectivity index (χ1v) is 9.22. The number of nitrogens with zero attached hydrogens (tertiary/aromatic N) is 1. The average molecular weight is 327 g/mol. The van der Waals surface area contributed by atoms with Crippen molar-refractivity contribution in [1.82, 2.24) is 14.6 Å². The van der Waals surface area contributed by atoms with E-state index in [0.717, 1.165) is 18.7 Å². The number of nitrogens with one attached hydrogen (secondary N) is 2. The normalized spacial score (nSPS) is 12.1. The lowest BCUT2D eigenvalue weighted by atomic mass is 10.3. The number of hydrogen-bond acceptors (Lipinski definition) is 4. The van der Waals surface area contributed by atoms with Crippen LogP contribution in [0.25, 0.3) is 0 Å². The summed E-state index contributed by atoms with van der Waals surface area (Å²) in [4.78, 5) is 4.52. The van der Waals surface area contributed by atoms with Crippen molar-refractivity contribution in [2.45, 2.75) is 24.8 Å². The number of H-pyrrole nitrogens is 1. The highest BCUT2D eigenvalue weighted by molar-refractivity contribution is 7.89. The van der Waals surface area contributed by atoms with Crippen LogP contribution in [0.2, 0.25) is 0 Å². The summed E-state index contributed by atoms with van der Waals surface area (Å²) in [5, 5.41) is 5.17. The lowest BCUT2D eigenvalue weighted by Gasteiger charge is -2.15. The summed E-state index contributed by atoms with van der Waals surface area (Å²) in [6, 6.07) is 5.70. The zero-order valence-corrected chi connectivity index (χ0v) is 13.9. The zero-order valence-electron chi connectivity index (χ0n) is 12.3. The van der Waals surface area contributed by atoms with Gasteiger partial charge in [-0.3, -0.25) is 0 Å². The molecule has 2 N–H and O–H groups in total. The number of likely N-dealkylation sites (N-methyl/N-ethyl adjacent to an activating group) is 1. The number of hydrogen-bond donors (Lipinski definition) is 2. The highest BCUT2D eigenvalue weighted by Gasteiger charge is 2.21. The van der Waals surface area contributed by atoms with E-state index in [0.29, 0.717) is 18.0 Å². The number of aromatic nitrogens is 1. The Morgan fingerprint density at radius 2 is 2.24 bits per heavy atom. The maximum atomic E-state index is 12.5. The van der Waals surface area contributed by atoms with E-state index < -0.39 is 10.0 Å². The predicted octanol–water partition coefficient (Wildman–Crippen LogP) is 2.05. The fraction of sp³-hybridized carbons (Fsp3) is 0.429. The topological polar surface area (TPSA) is 65.2 Å². The van der Waals surface area contributed by atoms with Crippen molar-refractivity contribution in [3.8, 4) is 0 Å². The van der Waals surface area contributed by atoms with Crippen molar-refractivity contribution >= 4 is 21.4 Å². The molecule has 0 aliphatic rings. The molecule has 0 saturated heterocycles. The van der Waals surface area contributed by atoms with Crippen LogP contribution in [0.15, 0.2) is 34.7 Å². The van der Waals surface area contributed by atoms with Crippen LogP contribution < -0.4 is 5.32 Å². The number of aromatic amines is 1. The van der Waals surface area contributed by atoms with Crippen LogP contribution in [0.4, 0.5) is 0 Å². The number of rotatable bonds is 8. The highest BCUT2D eigenvalue weighted by Crippen LogP contribution is 2.17. The summed E-state index contributed by atoms with van der Waals surface area (Å²) in [7, 11) is -1.79. The van der Waals surface area contributed by atoms with E-state index in [4.69, 9.17) is 0 Å². The van der Waals surface area contributed by atoms with Gasteiger partial charge < -0.3 is 10.3 Å². The van der Waals surface area contributed by atoms with E-state index in [-0.39, 0.29) is 0 Å². The molecule has 0 atom stereocenters. The summed E-state index contributed by atoms with van der Waals surface area (Å²) >= 11 is 1.65. The summed E-state index contributed by atoms with van der Waals surface area (Å²) in [6.07, 6.45) is 2.30.